The molecule has 6 heteroatoms. The van der Waals surface area contributed by atoms with Crippen LogP contribution in [0.5, 0.6) is 5.75 Å². The molecule has 16 heavy (non-hydrogen) atoms. The van der Waals surface area contributed by atoms with Crippen LogP contribution in [0.15, 0.2) is 12.1 Å². The first-order valence-corrected chi connectivity index (χ1v) is 4.80. The van der Waals surface area contributed by atoms with Gasteiger partial charge in [-0.2, -0.15) is 13.2 Å². The summed E-state index contributed by atoms with van der Waals surface area (Å²) in [5, 5.41) is 9.31. The van der Waals surface area contributed by atoms with Crippen molar-refractivity contribution < 1.29 is 18.3 Å². The molecule has 0 aliphatic heterocycles. The van der Waals surface area contributed by atoms with Gasteiger partial charge in [0.25, 0.3) is 0 Å². The molecule has 0 atom stereocenters. The van der Waals surface area contributed by atoms with E-state index in [0.29, 0.717) is 6.07 Å². The number of phenolic OH excluding ortho intramolecular Hbond substituents is 1. The van der Waals surface area contributed by atoms with Crippen LogP contribution < -0.4 is 5.73 Å². The highest BCUT2D eigenvalue weighted by Crippen LogP contribution is 2.39. The molecule has 0 fully saturated rings. The quantitative estimate of drug-likeness (QED) is 0.807. The smallest absolute Gasteiger partial charge is 0.416 e. The highest BCUT2D eigenvalue weighted by molar-refractivity contribution is 6.31. The lowest BCUT2D eigenvalue weighted by atomic mass is 9.93. The van der Waals surface area contributed by atoms with E-state index in [1.165, 1.54) is 0 Å². The Morgan fingerprint density at radius 1 is 1.25 bits per heavy atom. The number of halogens is 4. The minimum atomic E-state index is -4.54. The van der Waals surface area contributed by atoms with Crippen molar-refractivity contribution in [3.63, 3.8) is 0 Å². The monoisotopic (exact) mass is 253 g/mol. The molecule has 0 saturated heterocycles. The van der Waals surface area contributed by atoms with Crippen LogP contribution in [0.3, 0.4) is 0 Å². The van der Waals surface area contributed by atoms with Gasteiger partial charge in [-0.15, -0.1) is 0 Å². The van der Waals surface area contributed by atoms with Gasteiger partial charge in [0.15, 0.2) is 0 Å². The number of alkyl halides is 3. The zero-order valence-corrected chi connectivity index (χ0v) is 9.45. The third-order valence-corrected chi connectivity index (χ3v) is 2.34. The maximum atomic E-state index is 12.4. The van der Waals surface area contributed by atoms with Crippen molar-refractivity contribution in [3.05, 3.63) is 28.3 Å². The zero-order chi connectivity index (χ0) is 12.7. The lowest BCUT2D eigenvalue weighted by Gasteiger charge is -2.23. The second-order valence-corrected chi connectivity index (χ2v) is 4.48. The molecule has 0 saturated carbocycles. The molecule has 2 nitrogen and oxygen atoms in total. The van der Waals surface area contributed by atoms with E-state index in [2.05, 4.69) is 0 Å². The molecule has 0 bridgehead atoms. The molecule has 0 unspecified atom stereocenters. The number of rotatable bonds is 1. The maximum Gasteiger partial charge on any atom is 0.416 e. The minimum Gasteiger partial charge on any atom is -0.508 e. The van der Waals surface area contributed by atoms with E-state index < -0.39 is 23.0 Å². The predicted octanol–water partition coefficient (Wildman–Crippen LogP) is 3.26. The molecular weight excluding hydrogens is 243 g/mol. The van der Waals surface area contributed by atoms with Crippen molar-refractivity contribution in [2.75, 3.05) is 0 Å². The number of benzene rings is 1. The Balaban J connectivity index is 3.41. The molecule has 1 aromatic rings. The van der Waals surface area contributed by atoms with Gasteiger partial charge in [0.2, 0.25) is 0 Å². The van der Waals surface area contributed by atoms with Gasteiger partial charge >= 0.3 is 6.18 Å². The molecular formula is C10H11ClF3NO. The second kappa shape index (κ2) is 3.82. The number of aromatic hydroxyl groups is 1. The van der Waals surface area contributed by atoms with Crippen molar-refractivity contribution in [1.82, 2.24) is 0 Å². The van der Waals surface area contributed by atoms with Crippen molar-refractivity contribution >= 4 is 11.6 Å². The normalized spacial score (nSPS) is 12.9. The highest BCUT2D eigenvalue weighted by atomic mass is 35.5. The molecule has 0 spiro atoms. The summed E-state index contributed by atoms with van der Waals surface area (Å²) in [7, 11) is 0. The van der Waals surface area contributed by atoms with E-state index in [1.54, 1.807) is 13.8 Å². The molecule has 0 aliphatic carbocycles. The molecule has 0 amide bonds. The van der Waals surface area contributed by atoms with E-state index in [4.69, 9.17) is 17.3 Å². The van der Waals surface area contributed by atoms with Gasteiger partial charge in [0.1, 0.15) is 5.75 Å². The van der Waals surface area contributed by atoms with Crippen LogP contribution in [0, 0.1) is 0 Å². The van der Waals surface area contributed by atoms with Crippen molar-refractivity contribution in [1.29, 1.82) is 0 Å². The highest BCUT2D eigenvalue weighted by Gasteiger charge is 2.33. The van der Waals surface area contributed by atoms with Crippen LogP contribution in [0.4, 0.5) is 13.2 Å². The fraction of sp³-hybridized carbons (Fsp3) is 0.400. The summed E-state index contributed by atoms with van der Waals surface area (Å²) in [6.07, 6.45) is -4.54. The summed E-state index contributed by atoms with van der Waals surface area (Å²) in [5.74, 6) is -0.549. The lowest BCUT2D eigenvalue weighted by molar-refractivity contribution is -0.137. The average molecular weight is 254 g/mol. The van der Waals surface area contributed by atoms with E-state index in [0.717, 1.165) is 6.07 Å². The van der Waals surface area contributed by atoms with Crippen molar-refractivity contribution in [2.24, 2.45) is 5.73 Å². The van der Waals surface area contributed by atoms with Gasteiger partial charge < -0.3 is 10.8 Å². The third-order valence-electron chi connectivity index (χ3n) is 2.04. The Bertz CT molecular complexity index is 387. The van der Waals surface area contributed by atoms with Crippen LogP contribution in [0.2, 0.25) is 5.02 Å². The van der Waals surface area contributed by atoms with Gasteiger partial charge in [-0.3, -0.25) is 0 Å². The van der Waals surface area contributed by atoms with Crippen LogP contribution in [-0.4, -0.2) is 5.11 Å². The summed E-state index contributed by atoms with van der Waals surface area (Å²) in [6, 6.07) is 1.38. The minimum absolute atomic E-state index is 0.0992. The second-order valence-electron chi connectivity index (χ2n) is 4.07. The number of phenols is 1. The predicted molar refractivity (Wildman–Crippen MR) is 55.3 cm³/mol. The first-order valence-electron chi connectivity index (χ1n) is 4.42. The van der Waals surface area contributed by atoms with E-state index >= 15 is 0 Å². The van der Waals surface area contributed by atoms with Crippen LogP contribution in [0.25, 0.3) is 0 Å². The molecule has 0 aliphatic rings. The van der Waals surface area contributed by atoms with Gasteiger partial charge in [-0.25, -0.2) is 0 Å². The Kier molecular flexibility index (Phi) is 3.13. The van der Waals surface area contributed by atoms with E-state index in [9.17, 15) is 18.3 Å². The Labute approximate surface area is 95.8 Å². The fourth-order valence-electron chi connectivity index (χ4n) is 1.39. The summed E-state index contributed by atoms with van der Waals surface area (Å²) in [6.45, 7) is 3.09. The van der Waals surface area contributed by atoms with E-state index in [-0.39, 0.29) is 10.6 Å². The van der Waals surface area contributed by atoms with Crippen LogP contribution in [0.1, 0.15) is 25.0 Å². The number of hydrogen-bond donors (Lipinski definition) is 2. The molecule has 1 rings (SSSR count). The molecule has 0 radical (unpaired) electrons. The maximum absolute atomic E-state index is 12.4. The topological polar surface area (TPSA) is 46.2 Å². The first kappa shape index (κ1) is 13.1. The standard InChI is InChI=1S/C10H11ClF3NO/c1-9(2,15)8-6(11)3-5(4-7(8)16)10(12,13)14/h3-4,16H,15H2,1-2H3. The van der Waals surface area contributed by atoms with Crippen molar-refractivity contribution in [3.8, 4) is 5.75 Å². The van der Waals surface area contributed by atoms with Gasteiger partial charge in [-0.1, -0.05) is 11.6 Å². The third kappa shape index (κ3) is 2.59. The summed E-state index contributed by atoms with van der Waals surface area (Å²) >= 11 is 5.69. The lowest BCUT2D eigenvalue weighted by Crippen LogP contribution is -2.29. The van der Waals surface area contributed by atoms with E-state index in [1.807, 2.05) is 0 Å². The Morgan fingerprint density at radius 2 is 1.75 bits per heavy atom. The molecule has 3 N–H and O–H groups in total. The SMILES string of the molecule is CC(C)(N)c1c(O)cc(C(F)(F)F)cc1Cl. The van der Waals surface area contributed by atoms with Crippen LogP contribution >= 0.6 is 11.6 Å². The number of hydrogen-bond acceptors (Lipinski definition) is 2. The fourth-order valence-corrected chi connectivity index (χ4v) is 1.85. The average Bonchev–Trinajstić information content (AvgIpc) is 1.97. The summed E-state index contributed by atoms with van der Waals surface area (Å²) in [4.78, 5) is 0. The molecule has 1 aromatic carbocycles. The molecule has 0 aromatic heterocycles. The summed E-state index contributed by atoms with van der Waals surface area (Å²) in [5.41, 5.74) is 3.79. The van der Waals surface area contributed by atoms with Crippen molar-refractivity contribution in [2.45, 2.75) is 25.6 Å². The first-order chi connectivity index (χ1) is 7.03. The molecule has 90 valence electrons. The van der Waals surface area contributed by atoms with Gasteiger partial charge in [0, 0.05) is 16.1 Å². The largest absolute Gasteiger partial charge is 0.508 e. The van der Waals surface area contributed by atoms with Crippen LogP contribution in [-0.2, 0) is 11.7 Å². The Morgan fingerprint density at radius 3 is 2.06 bits per heavy atom. The summed E-state index contributed by atoms with van der Waals surface area (Å²) < 4.78 is 37.1. The molecule has 0 heterocycles. The number of nitrogens with two attached hydrogens (primary N) is 1. The van der Waals surface area contributed by atoms with Gasteiger partial charge in [0.05, 0.1) is 5.56 Å². The zero-order valence-electron chi connectivity index (χ0n) is 8.69. The van der Waals surface area contributed by atoms with Gasteiger partial charge in [-0.05, 0) is 26.0 Å². The Hall–Kier alpha value is -0.940.